The number of hydrogen-bond donors (Lipinski definition) is 2. The lowest BCUT2D eigenvalue weighted by Gasteiger charge is -2.29. The number of aromatic nitrogens is 3. The minimum absolute atomic E-state index is 0.0997. The van der Waals surface area contributed by atoms with Crippen LogP contribution in [0.2, 0.25) is 10.0 Å². The van der Waals surface area contributed by atoms with Gasteiger partial charge in [0.05, 0.1) is 17.7 Å². The summed E-state index contributed by atoms with van der Waals surface area (Å²) in [6.45, 7) is 1.73. The largest absolute Gasteiger partial charge is 0.493 e. The topological polar surface area (TPSA) is 90.3 Å². The number of hydrogen-bond acceptors (Lipinski definition) is 7. The number of nitrogens with one attached hydrogen (secondary N) is 2. The van der Waals surface area contributed by atoms with Crippen LogP contribution in [0.3, 0.4) is 0 Å². The van der Waals surface area contributed by atoms with E-state index in [2.05, 4.69) is 10.6 Å². The van der Waals surface area contributed by atoms with Crippen molar-refractivity contribution in [2.75, 3.05) is 17.7 Å². The predicted molar refractivity (Wildman–Crippen MR) is 179 cm³/mol. The Morgan fingerprint density at radius 2 is 1.76 bits per heavy atom. The third kappa shape index (κ3) is 6.69. The van der Waals surface area contributed by atoms with Crippen LogP contribution in [0.1, 0.15) is 29.7 Å². The van der Waals surface area contributed by atoms with Gasteiger partial charge in [-0.1, -0.05) is 83.5 Å². The highest BCUT2D eigenvalue weighted by atomic mass is 35.5. The lowest BCUT2D eigenvalue weighted by Crippen LogP contribution is -2.31. The number of thioether (sulfide) groups is 1. The van der Waals surface area contributed by atoms with E-state index in [1.54, 1.807) is 22.9 Å². The molecule has 12 heteroatoms. The second kappa shape index (κ2) is 13.9. The van der Waals surface area contributed by atoms with Crippen LogP contribution in [0, 0.1) is 5.82 Å². The number of methoxy groups -OCH3 is 1. The van der Waals surface area contributed by atoms with E-state index in [0.29, 0.717) is 55.9 Å². The number of nitrogens with zero attached hydrogens (tertiary/aromatic N) is 3. The molecule has 2 N–H and O–H groups in total. The molecule has 0 saturated carbocycles. The second-order valence-electron chi connectivity index (χ2n) is 10.3. The summed E-state index contributed by atoms with van der Waals surface area (Å²) in [4.78, 5) is 18.6. The zero-order valence-electron chi connectivity index (χ0n) is 24.8. The van der Waals surface area contributed by atoms with E-state index in [9.17, 15) is 9.18 Å². The highest BCUT2D eigenvalue weighted by molar-refractivity contribution is 7.98. The minimum Gasteiger partial charge on any atom is -0.493 e. The standard InChI is InChI=1S/C34H28Cl2FN5O3S/c1-20-30(32(43)39-23-10-4-3-5-11-23)31(42-33(38-20)40-34(41-42)46-19-22-9-6-7-12-25(22)35)21-15-16-28(29(17-21)44-2)45-18-24-26(36)13-8-14-27(24)37/h3-17,31H,18-19H2,1-2H3,(H,39,43)(H,38,40,41). The van der Waals surface area contributed by atoms with Gasteiger partial charge in [0, 0.05) is 27.7 Å². The van der Waals surface area contributed by atoms with Crippen molar-refractivity contribution in [3.63, 3.8) is 0 Å². The van der Waals surface area contributed by atoms with Crippen LogP contribution in [-0.2, 0) is 17.2 Å². The summed E-state index contributed by atoms with van der Waals surface area (Å²) in [6.07, 6.45) is 0. The van der Waals surface area contributed by atoms with Crippen LogP contribution in [0.15, 0.2) is 107 Å². The number of halogens is 3. The quantitative estimate of drug-likeness (QED) is 0.143. The van der Waals surface area contributed by atoms with E-state index < -0.39 is 11.9 Å². The molecule has 1 unspecified atom stereocenters. The average molecular weight is 677 g/mol. The number of carbonyl (C=O) groups excluding carboxylic acids is 1. The number of benzene rings is 4. The summed E-state index contributed by atoms with van der Waals surface area (Å²) >= 11 is 14.0. The van der Waals surface area contributed by atoms with Crippen LogP contribution in [-0.4, -0.2) is 27.8 Å². The summed E-state index contributed by atoms with van der Waals surface area (Å²) in [5.74, 6) is 1.04. The van der Waals surface area contributed by atoms with Crippen LogP contribution < -0.4 is 20.1 Å². The Morgan fingerprint density at radius 3 is 2.52 bits per heavy atom. The minimum atomic E-state index is -0.675. The number of fused-ring (bicyclic) bond motifs is 1. The Kier molecular flexibility index (Phi) is 9.48. The Hall–Kier alpha value is -4.51. The molecule has 0 spiro atoms. The lowest BCUT2D eigenvalue weighted by molar-refractivity contribution is -0.113. The Bertz CT molecular complexity index is 1920. The maximum absolute atomic E-state index is 14.4. The summed E-state index contributed by atoms with van der Waals surface area (Å²) in [6, 6.07) is 26.0. The van der Waals surface area contributed by atoms with Crippen molar-refractivity contribution in [1.29, 1.82) is 0 Å². The van der Waals surface area contributed by atoms with Gasteiger partial charge in [0.25, 0.3) is 5.91 Å². The molecule has 1 atom stereocenters. The average Bonchev–Trinajstić information content (AvgIpc) is 3.46. The fraction of sp³-hybridized carbons (Fsp3) is 0.147. The molecule has 0 fully saturated rings. The molecule has 1 aromatic heterocycles. The van der Waals surface area contributed by atoms with E-state index in [1.165, 1.54) is 31.0 Å². The van der Waals surface area contributed by atoms with Gasteiger partial charge in [0.15, 0.2) is 11.5 Å². The number of allylic oxidation sites excluding steroid dienone is 1. The van der Waals surface area contributed by atoms with Crippen molar-refractivity contribution in [3.05, 3.63) is 135 Å². The highest BCUT2D eigenvalue weighted by Crippen LogP contribution is 2.40. The van der Waals surface area contributed by atoms with Gasteiger partial charge >= 0.3 is 0 Å². The molecule has 234 valence electrons. The third-order valence-electron chi connectivity index (χ3n) is 7.36. The molecule has 0 bridgehead atoms. The summed E-state index contributed by atoms with van der Waals surface area (Å²) in [7, 11) is 1.51. The van der Waals surface area contributed by atoms with Crippen LogP contribution in [0.5, 0.6) is 11.5 Å². The zero-order valence-corrected chi connectivity index (χ0v) is 27.1. The first-order valence-corrected chi connectivity index (χ1v) is 16.0. The number of carbonyl (C=O) groups is 1. The van der Waals surface area contributed by atoms with E-state index in [0.717, 1.165) is 5.56 Å². The van der Waals surface area contributed by atoms with Gasteiger partial charge in [0.1, 0.15) is 18.5 Å². The number of para-hydroxylation sites is 1. The molecule has 0 radical (unpaired) electrons. The number of anilines is 2. The lowest BCUT2D eigenvalue weighted by atomic mass is 9.94. The SMILES string of the molecule is COc1cc(C2C(C(=O)Nc3ccccc3)=C(C)Nc3nc(SCc4ccccc4Cl)nn32)ccc1OCc1c(F)cccc1Cl. The molecule has 4 aromatic carbocycles. The molecule has 5 aromatic rings. The summed E-state index contributed by atoms with van der Waals surface area (Å²) < 4.78 is 27.7. The van der Waals surface area contributed by atoms with E-state index >= 15 is 0 Å². The number of rotatable bonds is 10. The Morgan fingerprint density at radius 1 is 1.00 bits per heavy atom. The van der Waals surface area contributed by atoms with Crippen molar-refractivity contribution in [1.82, 2.24) is 14.8 Å². The third-order valence-corrected chi connectivity index (χ3v) is 8.97. The van der Waals surface area contributed by atoms with Gasteiger partial charge in [-0.3, -0.25) is 4.79 Å². The Labute approximate surface area is 279 Å². The molecule has 0 saturated heterocycles. The van der Waals surface area contributed by atoms with Gasteiger partial charge in [-0.15, -0.1) is 5.10 Å². The molecular weight excluding hydrogens is 648 g/mol. The monoisotopic (exact) mass is 675 g/mol. The molecule has 6 rings (SSSR count). The molecule has 1 amide bonds. The smallest absolute Gasteiger partial charge is 0.255 e. The predicted octanol–water partition coefficient (Wildman–Crippen LogP) is 8.53. The highest BCUT2D eigenvalue weighted by Gasteiger charge is 2.35. The zero-order chi connectivity index (χ0) is 32.2. The molecule has 0 aliphatic carbocycles. The number of ether oxygens (including phenoxy) is 2. The van der Waals surface area contributed by atoms with Crippen LogP contribution in [0.25, 0.3) is 0 Å². The molecular formula is C34H28Cl2FN5O3S. The summed E-state index contributed by atoms with van der Waals surface area (Å²) in [5.41, 5.74) is 3.61. The maximum atomic E-state index is 14.4. The molecule has 1 aliphatic rings. The molecule has 46 heavy (non-hydrogen) atoms. The first-order chi connectivity index (χ1) is 22.3. The molecule has 2 heterocycles. The first-order valence-electron chi connectivity index (χ1n) is 14.2. The normalized spacial score (nSPS) is 14.0. The fourth-order valence-electron chi connectivity index (χ4n) is 5.07. The molecule has 8 nitrogen and oxygen atoms in total. The van der Waals surface area contributed by atoms with Crippen molar-refractivity contribution in [2.24, 2.45) is 0 Å². The van der Waals surface area contributed by atoms with Gasteiger partial charge < -0.3 is 20.1 Å². The van der Waals surface area contributed by atoms with E-state index in [-0.39, 0.29) is 23.1 Å². The van der Waals surface area contributed by atoms with Gasteiger partial charge in [-0.25, -0.2) is 9.07 Å². The van der Waals surface area contributed by atoms with E-state index in [4.69, 9.17) is 42.8 Å². The van der Waals surface area contributed by atoms with Gasteiger partial charge in [0.2, 0.25) is 11.1 Å². The van der Waals surface area contributed by atoms with Crippen molar-refractivity contribution >= 4 is 52.5 Å². The van der Waals surface area contributed by atoms with Gasteiger partial charge in [-0.2, -0.15) is 4.98 Å². The van der Waals surface area contributed by atoms with E-state index in [1.807, 2.05) is 67.6 Å². The number of amides is 1. The summed E-state index contributed by atoms with van der Waals surface area (Å²) in [5, 5.41) is 12.5. The van der Waals surface area contributed by atoms with Crippen molar-refractivity contribution in [2.45, 2.75) is 30.5 Å². The fourth-order valence-corrected chi connectivity index (χ4v) is 6.40. The second-order valence-corrected chi connectivity index (χ2v) is 12.1. The molecule has 1 aliphatic heterocycles. The first kappa shape index (κ1) is 31.5. The Balaban J connectivity index is 1.35. The maximum Gasteiger partial charge on any atom is 0.255 e. The van der Waals surface area contributed by atoms with Gasteiger partial charge in [-0.05, 0) is 60.5 Å². The van der Waals surface area contributed by atoms with Crippen molar-refractivity contribution < 1.29 is 18.7 Å². The van der Waals surface area contributed by atoms with Crippen LogP contribution in [0.4, 0.5) is 16.0 Å². The van der Waals surface area contributed by atoms with Crippen LogP contribution >= 0.6 is 35.0 Å². The van der Waals surface area contributed by atoms with Crippen molar-refractivity contribution in [3.8, 4) is 11.5 Å².